The highest BCUT2D eigenvalue weighted by Gasteiger charge is 2.24. The Morgan fingerprint density at radius 3 is 3.12 bits per heavy atom. The molecule has 2 unspecified atom stereocenters. The third kappa shape index (κ3) is 2.96. The highest BCUT2D eigenvalue weighted by Crippen LogP contribution is 2.36. The van der Waals surface area contributed by atoms with Gasteiger partial charge in [-0.25, -0.2) is 4.68 Å². The lowest BCUT2D eigenvalue weighted by atomic mass is 10.1. The predicted molar refractivity (Wildman–Crippen MR) is 63.7 cm³/mol. The van der Waals surface area contributed by atoms with E-state index < -0.39 is 11.9 Å². The van der Waals surface area contributed by atoms with Gasteiger partial charge in [-0.2, -0.15) is 11.8 Å². The van der Waals surface area contributed by atoms with Crippen molar-refractivity contribution in [2.45, 2.75) is 38.0 Å². The van der Waals surface area contributed by atoms with E-state index in [1.54, 1.807) is 11.6 Å². The molecule has 0 amide bonds. The standard InChI is InChI=1S/C10H16N4O2S/c1-7(10(15)16)6-14-9(11-12-13-14)8-4-2-3-5-17-8/h7-8H,2-6H2,1H3,(H,15,16). The lowest BCUT2D eigenvalue weighted by Crippen LogP contribution is -2.20. The molecule has 2 rings (SSSR count). The summed E-state index contributed by atoms with van der Waals surface area (Å²) in [4.78, 5) is 10.8. The van der Waals surface area contributed by atoms with Crippen molar-refractivity contribution in [1.82, 2.24) is 20.2 Å². The van der Waals surface area contributed by atoms with Crippen LogP contribution in [0.25, 0.3) is 0 Å². The monoisotopic (exact) mass is 256 g/mol. The molecule has 1 saturated heterocycles. The summed E-state index contributed by atoms with van der Waals surface area (Å²) in [6.45, 7) is 2.01. The average molecular weight is 256 g/mol. The molecule has 1 N–H and O–H groups in total. The van der Waals surface area contributed by atoms with E-state index in [2.05, 4.69) is 15.5 Å². The largest absolute Gasteiger partial charge is 0.481 e. The van der Waals surface area contributed by atoms with Gasteiger partial charge in [0.2, 0.25) is 0 Å². The summed E-state index contributed by atoms with van der Waals surface area (Å²) in [5.41, 5.74) is 0. The number of tetrazole rings is 1. The van der Waals surface area contributed by atoms with E-state index in [9.17, 15) is 4.79 Å². The lowest BCUT2D eigenvalue weighted by molar-refractivity contribution is -0.141. The van der Waals surface area contributed by atoms with Gasteiger partial charge in [-0.15, -0.1) is 5.10 Å². The zero-order chi connectivity index (χ0) is 12.3. The van der Waals surface area contributed by atoms with Crippen molar-refractivity contribution in [2.24, 2.45) is 5.92 Å². The van der Waals surface area contributed by atoms with Crippen molar-refractivity contribution in [1.29, 1.82) is 0 Å². The topological polar surface area (TPSA) is 80.9 Å². The zero-order valence-electron chi connectivity index (χ0n) is 9.74. The van der Waals surface area contributed by atoms with Crippen LogP contribution in [0, 0.1) is 5.92 Å². The van der Waals surface area contributed by atoms with Gasteiger partial charge in [0.05, 0.1) is 17.7 Å². The Morgan fingerprint density at radius 1 is 1.65 bits per heavy atom. The van der Waals surface area contributed by atoms with Gasteiger partial charge in [0.1, 0.15) is 0 Å². The SMILES string of the molecule is CC(Cn1nnnc1C1CCCCS1)C(=O)O. The second-order valence-electron chi connectivity index (χ2n) is 4.31. The van der Waals surface area contributed by atoms with Gasteiger partial charge < -0.3 is 5.11 Å². The van der Waals surface area contributed by atoms with E-state index in [1.807, 2.05) is 11.8 Å². The number of carboxylic acids is 1. The van der Waals surface area contributed by atoms with Crippen LogP contribution >= 0.6 is 11.8 Å². The number of hydrogen-bond acceptors (Lipinski definition) is 5. The predicted octanol–water partition coefficient (Wildman–Crippen LogP) is 1.35. The molecule has 1 aromatic rings. The number of aromatic nitrogens is 4. The van der Waals surface area contributed by atoms with E-state index in [-0.39, 0.29) is 0 Å². The van der Waals surface area contributed by atoms with Gasteiger partial charge in [-0.1, -0.05) is 13.3 Å². The Bertz CT molecular complexity index is 389. The van der Waals surface area contributed by atoms with E-state index in [0.717, 1.165) is 18.0 Å². The van der Waals surface area contributed by atoms with Crippen molar-refractivity contribution in [3.05, 3.63) is 5.82 Å². The maximum atomic E-state index is 10.8. The lowest BCUT2D eigenvalue weighted by Gasteiger charge is -2.20. The molecule has 17 heavy (non-hydrogen) atoms. The maximum absolute atomic E-state index is 10.8. The summed E-state index contributed by atoms with van der Waals surface area (Å²) in [5, 5.41) is 20.8. The van der Waals surface area contributed by atoms with Crippen molar-refractivity contribution < 1.29 is 9.90 Å². The van der Waals surface area contributed by atoms with Gasteiger partial charge in [0.15, 0.2) is 5.82 Å². The molecule has 6 nitrogen and oxygen atoms in total. The minimum atomic E-state index is -0.817. The first-order chi connectivity index (χ1) is 8.18. The summed E-state index contributed by atoms with van der Waals surface area (Å²) in [5.74, 6) is 0.669. The van der Waals surface area contributed by atoms with Crippen molar-refractivity contribution in [3.8, 4) is 0 Å². The number of aliphatic carboxylic acids is 1. The molecule has 0 radical (unpaired) electrons. The molecule has 1 aromatic heterocycles. The maximum Gasteiger partial charge on any atom is 0.308 e. The molecule has 1 aliphatic heterocycles. The minimum absolute atomic E-state index is 0.319. The molecule has 0 aliphatic carbocycles. The summed E-state index contributed by atoms with van der Waals surface area (Å²) < 4.78 is 1.64. The second kappa shape index (κ2) is 5.48. The van der Waals surface area contributed by atoms with Crippen LogP contribution in [0.1, 0.15) is 37.3 Å². The fourth-order valence-corrected chi connectivity index (χ4v) is 3.16. The average Bonchev–Trinajstić information content (AvgIpc) is 2.78. The van der Waals surface area contributed by atoms with Crippen LogP contribution in [-0.4, -0.2) is 37.0 Å². The Balaban J connectivity index is 2.07. The molecule has 7 heteroatoms. The molecule has 0 spiro atoms. The van der Waals surface area contributed by atoms with Gasteiger partial charge in [-0.05, 0) is 29.0 Å². The molecule has 1 aliphatic rings. The fourth-order valence-electron chi connectivity index (χ4n) is 1.85. The first-order valence-electron chi connectivity index (χ1n) is 5.79. The van der Waals surface area contributed by atoms with E-state index in [1.165, 1.54) is 12.8 Å². The third-order valence-corrected chi connectivity index (χ3v) is 4.27. The molecule has 0 saturated carbocycles. The van der Waals surface area contributed by atoms with Crippen LogP contribution in [0.2, 0.25) is 0 Å². The first kappa shape index (κ1) is 12.3. The Kier molecular flexibility index (Phi) is 3.98. The quantitative estimate of drug-likeness (QED) is 0.875. The van der Waals surface area contributed by atoms with Crippen LogP contribution in [0.4, 0.5) is 0 Å². The molecule has 2 heterocycles. The number of carbonyl (C=O) groups is 1. The number of rotatable bonds is 4. The van der Waals surface area contributed by atoms with E-state index in [4.69, 9.17) is 5.11 Å². The van der Waals surface area contributed by atoms with Gasteiger partial charge >= 0.3 is 5.97 Å². The summed E-state index contributed by atoms with van der Waals surface area (Å²) in [7, 11) is 0. The highest BCUT2D eigenvalue weighted by molar-refractivity contribution is 7.99. The molecular weight excluding hydrogens is 240 g/mol. The zero-order valence-corrected chi connectivity index (χ0v) is 10.6. The Hall–Kier alpha value is -1.11. The molecular formula is C10H16N4O2S. The first-order valence-corrected chi connectivity index (χ1v) is 6.84. The van der Waals surface area contributed by atoms with Crippen molar-refractivity contribution in [2.75, 3.05) is 5.75 Å². The van der Waals surface area contributed by atoms with E-state index in [0.29, 0.717) is 11.8 Å². The fraction of sp³-hybridized carbons (Fsp3) is 0.800. The van der Waals surface area contributed by atoms with Crippen LogP contribution in [0.3, 0.4) is 0 Å². The van der Waals surface area contributed by atoms with Crippen LogP contribution in [0.5, 0.6) is 0 Å². The number of hydrogen-bond donors (Lipinski definition) is 1. The molecule has 0 aromatic carbocycles. The number of nitrogens with zero attached hydrogens (tertiary/aromatic N) is 4. The minimum Gasteiger partial charge on any atom is -0.481 e. The Labute approximate surface area is 104 Å². The summed E-state index contributed by atoms with van der Waals surface area (Å²) in [6, 6.07) is 0. The van der Waals surface area contributed by atoms with Gasteiger partial charge in [0.25, 0.3) is 0 Å². The van der Waals surface area contributed by atoms with Crippen LogP contribution in [-0.2, 0) is 11.3 Å². The van der Waals surface area contributed by atoms with E-state index >= 15 is 0 Å². The van der Waals surface area contributed by atoms with Gasteiger partial charge in [-0.3, -0.25) is 4.79 Å². The normalized spacial score (nSPS) is 22.3. The van der Waals surface area contributed by atoms with Crippen molar-refractivity contribution >= 4 is 17.7 Å². The van der Waals surface area contributed by atoms with Crippen LogP contribution in [0.15, 0.2) is 0 Å². The molecule has 94 valence electrons. The molecule has 2 atom stereocenters. The third-order valence-electron chi connectivity index (χ3n) is 2.90. The van der Waals surface area contributed by atoms with Crippen molar-refractivity contribution in [3.63, 3.8) is 0 Å². The number of thioether (sulfide) groups is 1. The Morgan fingerprint density at radius 2 is 2.47 bits per heavy atom. The summed E-state index contributed by atoms with van der Waals surface area (Å²) in [6.07, 6.45) is 3.51. The molecule has 0 bridgehead atoms. The second-order valence-corrected chi connectivity index (χ2v) is 5.62. The van der Waals surface area contributed by atoms with Gasteiger partial charge in [0, 0.05) is 0 Å². The summed E-state index contributed by atoms with van der Waals surface area (Å²) >= 11 is 1.86. The molecule has 1 fully saturated rings. The smallest absolute Gasteiger partial charge is 0.308 e. The van der Waals surface area contributed by atoms with Crippen LogP contribution < -0.4 is 0 Å². The highest BCUT2D eigenvalue weighted by atomic mass is 32.2. The number of carboxylic acid groups (broad SMARTS) is 1.